The number of ether oxygens (including phenoxy) is 1. The molecule has 0 spiro atoms. The molecule has 106 valence electrons. The predicted molar refractivity (Wildman–Crippen MR) is 75.9 cm³/mol. The summed E-state index contributed by atoms with van der Waals surface area (Å²) in [6.45, 7) is 5.51. The van der Waals surface area contributed by atoms with E-state index in [4.69, 9.17) is 4.74 Å². The Balaban J connectivity index is 1.99. The first-order valence-corrected chi connectivity index (χ1v) is 7.37. The molecule has 1 aromatic rings. The van der Waals surface area contributed by atoms with E-state index in [1.807, 2.05) is 19.9 Å². The van der Waals surface area contributed by atoms with Crippen LogP contribution in [0.15, 0.2) is 18.2 Å². The Kier molecular flexibility index (Phi) is 5.20. The maximum absolute atomic E-state index is 14.0. The van der Waals surface area contributed by atoms with Crippen molar-refractivity contribution in [3.05, 3.63) is 29.6 Å². The van der Waals surface area contributed by atoms with Crippen LogP contribution in [-0.4, -0.2) is 13.2 Å². The number of hydrogen-bond acceptors (Lipinski definition) is 2. The molecule has 0 bridgehead atoms. The molecule has 1 unspecified atom stereocenters. The van der Waals surface area contributed by atoms with Crippen LogP contribution in [0.4, 0.5) is 4.39 Å². The van der Waals surface area contributed by atoms with Crippen molar-refractivity contribution < 1.29 is 9.13 Å². The topological polar surface area (TPSA) is 21.3 Å². The fourth-order valence-corrected chi connectivity index (χ4v) is 2.59. The third-order valence-electron chi connectivity index (χ3n) is 3.96. The monoisotopic (exact) mass is 265 g/mol. The summed E-state index contributed by atoms with van der Waals surface area (Å²) in [7, 11) is 0. The first kappa shape index (κ1) is 14.3. The van der Waals surface area contributed by atoms with Crippen LogP contribution in [0.5, 0.6) is 5.75 Å². The Labute approximate surface area is 115 Å². The first-order valence-electron chi connectivity index (χ1n) is 7.37. The van der Waals surface area contributed by atoms with Crippen LogP contribution in [0, 0.1) is 11.7 Å². The van der Waals surface area contributed by atoms with Crippen LogP contribution < -0.4 is 10.1 Å². The van der Waals surface area contributed by atoms with Gasteiger partial charge in [-0.15, -0.1) is 0 Å². The van der Waals surface area contributed by atoms with Gasteiger partial charge in [-0.3, -0.25) is 0 Å². The Morgan fingerprint density at radius 1 is 1.42 bits per heavy atom. The molecule has 3 heteroatoms. The summed E-state index contributed by atoms with van der Waals surface area (Å²) in [5, 5.41) is 3.24. The highest BCUT2D eigenvalue weighted by molar-refractivity contribution is 5.37. The van der Waals surface area contributed by atoms with Gasteiger partial charge >= 0.3 is 0 Å². The minimum Gasteiger partial charge on any atom is -0.493 e. The molecular weight excluding hydrogens is 241 g/mol. The van der Waals surface area contributed by atoms with E-state index in [-0.39, 0.29) is 11.9 Å². The van der Waals surface area contributed by atoms with Crippen molar-refractivity contribution in [2.75, 3.05) is 13.2 Å². The molecular formula is C16H24FNO. The summed E-state index contributed by atoms with van der Waals surface area (Å²) in [5.41, 5.74) is 0.651. The third kappa shape index (κ3) is 3.69. The number of halogens is 1. The van der Waals surface area contributed by atoms with Crippen molar-refractivity contribution in [3.63, 3.8) is 0 Å². The largest absolute Gasteiger partial charge is 0.493 e. The summed E-state index contributed by atoms with van der Waals surface area (Å²) in [6, 6.07) is 5.07. The van der Waals surface area contributed by atoms with Crippen LogP contribution in [0.2, 0.25) is 0 Å². The standard InChI is InChI=1S/C16H24FNO/c1-3-18-12(2)16-14(17)8-5-9-15(16)19-11-10-13-6-4-7-13/h5,8-9,12-13,18H,3-4,6-7,10-11H2,1-2H3. The molecule has 0 aliphatic heterocycles. The van der Waals surface area contributed by atoms with E-state index in [1.54, 1.807) is 6.07 Å². The third-order valence-corrected chi connectivity index (χ3v) is 3.96. The van der Waals surface area contributed by atoms with Crippen molar-refractivity contribution >= 4 is 0 Å². The number of benzene rings is 1. The normalized spacial score (nSPS) is 17.0. The SMILES string of the molecule is CCNC(C)c1c(F)cccc1OCCC1CCC1. The predicted octanol–water partition coefficient (Wildman–Crippen LogP) is 4.07. The van der Waals surface area contributed by atoms with Gasteiger partial charge < -0.3 is 10.1 Å². The lowest BCUT2D eigenvalue weighted by molar-refractivity contribution is 0.219. The lowest BCUT2D eigenvalue weighted by atomic mass is 9.83. The summed E-state index contributed by atoms with van der Waals surface area (Å²) < 4.78 is 19.8. The first-order chi connectivity index (χ1) is 9.22. The number of hydrogen-bond donors (Lipinski definition) is 1. The zero-order chi connectivity index (χ0) is 13.7. The average molecular weight is 265 g/mol. The van der Waals surface area contributed by atoms with Gasteiger partial charge in [0.05, 0.1) is 6.61 Å². The van der Waals surface area contributed by atoms with E-state index < -0.39 is 0 Å². The second-order valence-corrected chi connectivity index (χ2v) is 5.37. The quantitative estimate of drug-likeness (QED) is 0.802. The van der Waals surface area contributed by atoms with Crippen molar-refractivity contribution in [3.8, 4) is 5.75 Å². The molecule has 19 heavy (non-hydrogen) atoms. The molecule has 2 nitrogen and oxygen atoms in total. The van der Waals surface area contributed by atoms with Gasteiger partial charge in [0.2, 0.25) is 0 Å². The van der Waals surface area contributed by atoms with Crippen molar-refractivity contribution in [2.24, 2.45) is 5.92 Å². The molecule has 1 N–H and O–H groups in total. The summed E-state index contributed by atoms with van der Waals surface area (Å²) in [6.07, 6.45) is 5.10. The highest BCUT2D eigenvalue weighted by atomic mass is 19.1. The highest BCUT2D eigenvalue weighted by Gasteiger charge is 2.19. The van der Waals surface area contributed by atoms with Crippen LogP contribution in [-0.2, 0) is 0 Å². The van der Waals surface area contributed by atoms with E-state index in [1.165, 1.54) is 25.3 Å². The Hall–Kier alpha value is -1.09. The molecule has 1 aliphatic rings. The van der Waals surface area contributed by atoms with E-state index in [0.29, 0.717) is 17.9 Å². The minimum atomic E-state index is -0.186. The van der Waals surface area contributed by atoms with E-state index in [0.717, 1.165) is 18.9 Å². The van der Waals surface area contributed by atoms with Gasteiger partial charge in [0, 0.05) is 11.6 Å². The Morgan fingerprint density at radius 2 is 2.21 bits per heavy atom. The van der Waals surface area contributed by atoms with E-state index >= 15 is 0 Å². The summed E-state index contributed by atoms with van der Waals surface area (Å²) >= 11 is 0. The molecule has 1 saturated carbocycles. The molecule has 2 rings (SSSR count). The lowest BCUT2D eigenvalue weighted by Gasteiger charge is -2.25. The second-order valence-electron chi connectivity index (χ2n) is 5.37. The fourth-order valence-electron chi connectivity index (χ4n) is 2.59. The summed E-state index contributed by atoms with van der Waals surface area (Å²) in [5.74, 6) is 1.32. The van der Waals surface area contributed by atoms with Crippen molar-refractivity contribution in [1.82, 2.24) is 5.32 Å². The van der Waals surface area contributed by atoms with Crippen molar-refractivity contribution in [1.29, 1.82) is 0 Å². The Bertz CT molecular complexity index is 404. The van der Waals surface area contributed by atoms with Gasteiger partial charge in [-0.1, -0.05) is 32.3 Å². The molecule has 1 fully saturated rings. The highest BCUT2D eigenvalue weighted by Crippen LogP contribution is 2.31. The molecule has 0 saturated heterocycles. The maximum atomic E-state index is 14.0. The van der Waals surface area contributed by atoms with Gasteiger partial charge in [-0.25, -0.2) is 4.39 Å². The van der Waals surface area contributed by atoms with Crippen LogP contribution in [0.25, 0.3) is 0 Å². The maximum Gasteiger partial charge on any atom is 0.131 e. The molecule has 0 radical (unpaired) electrons. The van der Waals surface area contributed by atoms with Crippen LogP contribution >= 0.6 is 0 Å². The lowest BCUT2D eigenvalue weighted by Crippen LogP contribution is -2.20. The summed E-state index contributed by atoms with van der Waals surface area (Å²) in [4.78, 5) is 0. The molecule has 0 heterocycles. The van der Waals surface area contributed by atoms with Crippen LogP contribution in [0.3, 0.4) is 0 Å². The second kappa shape index (κ2) is 6.90. The number of nitrogens with one attached hydrogen (secondary N) is 1. The van der Waals surface area contributed by atoms with Gasteiger partial charge in [0.1, 0.15) is 11.6 Å². The molecule has 0 aromatic heterocycles. The van der Waals surface area contributed by atoms with Gasteiger partial charge in [-0.2, -0.15) is 0 Å². The zero-order valence-electron chi connectivity index (χ0n) is 11.9. The molecule has 0 amide bonds. The molecule has 1 atom stereocenters. The molecule has 1 aliphatic carbocycles. The van der Waals surface area contributed by atoms with Gasteiger partial charge in [0.25, 0.3) is 0 Å². The fraction of sp³-hybridized carbons (Fsp3) is 0.625. The zero-order valence-corrected chi connectivity index (χ0v) is 11.9. The minimum absolute atomic E-state index is 0.0232. The van der Waals surface area contributed by atoms with E-state index in [9.17, 15) is 4.39 Å². The average Bonchev–Trinajstić information content (AvgIpc) is 2.32. The Morgan fingerprint density at radius 3 is 2.84 bits per heavy atom. The number of rotatable bonds is 7. The van der Waals surface area contributed by atoms with Gasteiger partial charge in [0.15, 0.2) is 0 Å². The van der Waals surface area contributed by atoms with Gasteiger partial charge in [-0.05, 0) is 37.9 Å². The molecule has 1 aromatic carbocycles. The van der Waals surface area contributed by atoms with E-state index in [2.05, 4.69) is 5.32 Å². The smallest absolute Gasteiger partial charge is 0.131 e. The van der Waals surface area contributed by atoms with Crippen LogP contribution in [0.1, 0.15) is 51.1 Å². The van der Waals surface area contributed by atoms with Crippen molar-refractivity contribution in [2.45, 2.75) is 45.6 Å².